The van der Waals surface area contributed by atoms with Crippen molar-refractivity contribution in [3.05, 3.63) is 75.4 Å². The molecule has 1 N–H and O–H groups in total. The Morgan fingerprint density at radius 2 is 1.86 bits per heavy atom. The molecule has 0 spiro atoms. The van der Waals surface area contributed by atoms with Crippen LogP contribution in [0.5, 0.6) is 0 Å². The normalized spacial score (nSPS) is 10.9. The number of para-hydroxylation sites is 1. The van der Waals surface area contributed by atoms with E-state index in [0.29, 0.717) is 6.42 Å². The molecule has 0 aliphatic heterocycles. The van der Waals surface area contributed by atoms with Gasteiger partial charge in [-0.25, -0.2) is 14.2 Å². The molecule has 0 atom stereocenters. The van der Waals surface area contributed by atoms with E-state index in [9.17, 15) is 9.18 Å². The molecule has 4 nitrogen and oxygen atoms in total. The third-order valence-corrected chi connectivity index (χ3v) is 5.27. The summed E-state index contributed by atoms with van der Waals surface area (Å²) in [4.78, 5) is 20.0. The minimum atomic E-state index is -0.238. The van der Waals surface area contributed by atoms with Crippen LogP contribution in [0.25, 0.3) is 21.6 Å². The Morgan fingerprint density at radius 3 is 2.54 bits per heavy atom. The molecule has 0 radical (unpaired) electrons. The first-order chi connectivity index (χ1) is 13.5. The van der Waals surface area contributed by atoms with Gasteiger partial charge in [-0.15, -0.1) is 11.3 Å². The van der Waals surface area contributed by atoms with Crippen LogP contribution < -0.4 is 5.69 Å². The summed E-state index contributed by atoms with van der Waals surface area (Å²) < 4.78 is 14.8. The molecule has 2 aromatic carbocycles. The maximum absolute atomic E-state index is 13.0. The van der Waals surface area contributed by atoms with Crippen molar-refractivity contribution in [2.75, 3.05) is 0 Å². The van der Waals surface area contributed by atoms with Crippen LogP contribution in [0.2, 0.25) is 0 Å². The van der Waals surface area contributed by atoms with E-state index in [2.05, 4.69) is 4.98 Å². The second-order valence-corrected chi connectivity index (χ2v) is 7.40. The van der Waals surface area contributed by atoms with E-state index in [1.165, 1.54) is 12.1 Å². The molecule has 0 aliphatic rings. The number of aromatic nitrogens is 3. The average molecular weight is 398 g/mol. The highest BCUT2D eigenvalue weighted by atomic mass is 32.1. The summed E-state index contributed by atoms with van der Waals surface area (Å²) in [6.45, 7) is 7.98. The van der Waals surface area contributed by atoms with Crippen molar-refractivity contribution in [3.63, 3.8) is 0 Å². The monoisotopic (exact) mass is 397 g/mol. The number of nitrogens with one attached hydrogen (secondary N) is 1. The zero-order valence-electron chi connectivity index (χ0n) is 16.5. The molecule has 0 unspecified atom stereocenters. The number of hydrogen-bond acceptors (Lipinski definition) is 3. The van der Waals surface area contributed by atoms with Crippen LogP contribution in [-0.4, -0.2) is 14.5 Å². The largest absolute Gasteiger partial charge is 0.326 e. The predicted molar refractivity (Wildman–Crippen MR) is 115 cm³/mol. The summed E-state index contributed by atoms with van der Waals surface area (Å²) in [5, 5.41) is 2.87. The number of imidazole rings is 1. The predicted octanol–water partition coefficient (Wildman–Crippen LogP) is 5.79. The van der Waals surface area contributed by atoms with Crippen LogP contribution >= 0.6 is 11.3 Å². The quantitative estimate of drug-likeness (QED) is 0.474. The lowest BCUT2D eigenvalue weighted by Gasteiger charge is -2.07. The number of H-pyrrole nitrogens is 1. The van der Waals surface area contributed by atoms with Gasteiger partial charge in [-0.2, -0.15) is 0 Å². The number of halogens is 1. The minimum absolute atomic E-state index is 0.0804. The summed E-state index contributed by atoms with van der Waals surface area (Å²) in [6, 6.07) is 12.4. The van der Waals surface area contributed by atoms with Crippen LogP contribution in [-0.2, 0) is 6.42 Å². The second kappa shape index (κ2) is 8.52. The molecule has 4 aromatic rings. The molecule has 2 aromatic heterocycles. The Kier molecular flexibility index (Phi) is 6.09. The van der Waals surface area contributed by atoms with Crippen molar-refractivity contribution in [2.45, 2.75) is 40.2 Å². The highest BCUT2D eigenvalue weighted by Gasteiger charge is 2.15. The van der Waals surface area contributed by atoms with Crippen LogP contribution in [0, 0.1) is 5.82 Å². The first kappa shape index (κ1) is 20.0. The second-order valence-electron chi connectivity index (χ2n) is 6.54. The molecular formula is C22H24FN3OS. The van der Waals surface area contributed by atoms with E-state index < -0.39 is 0 Å². The molecule has 4 rings (SSSR count). The van der Waals surface area contributed by atoms with Crippen LogP contribution in [0.3, 0.4) is 0 Å². The van der Waals surface area contributed by atoms with Crippen molar-refractivity contribution < 1.29 is 4.39 Å². The van der Waals surface area contributed by atoms with Gasteiger partial charge in [-0.3, -0.25) is 4.57 Å². The lowest BCUT2D eigenvalue weighted by Crippen LogP contribution is -2.18. The Balaban J connectivity index is 0.00000109. The number of benzene rings is 2. The Morgan fingerprint density at radius 1 is 1.14 bits per heavy atom. The molecule has 2 heterocycles. The van der Waals surface area contributed by atoms with E-state index in [1.807, 2.05) is 51.3 Å². The SMILES string of the molecule is CC.CC(C)n1c(=O)[nH]c2c(-c3nc(Cc4ccc(F)cc4)cs3)cccc21. The van der Waals surface area contributed by atoms with Gasteiger partial charge in [0, 0.05) is 23.4 Å². The molecule has 0 bridgehead atoms. The van der Waals surface area contributed by atoms with Gasteiger partial charge in [-0.1, -0.05) is 32.0 Å². The van der Waals surface area contributed by atoms with Gasteiger partial charge in [0.25, 0.3) is 0 Å². The zero-order chi connectivity index (χ0) is 20.3. The summed E-state index contributed by atoms with van der Waals surface area (Å²) in [5.41, 5.74) is 4.46. The highest BCUT2D eigenvalue weighted by Crippen LogP contribution is 2.30. The molecule has 28 heavy (non-hydrogen) atoms. The number of fused-ring (bicyclic) bond motifs is 1. The molecule has 0 fully saturated rings. The zero-order valence-corrected chi connectivity index (χ0v) is 17.3. The number of aromatic amines is 1. The molecule has 6 heteroatoms. The lowest BCUT2D eigenvalue weighted by molar-refractivity contribution is 0.598. The van der Waals surface area contributed by atoms with Gasteiger partial charge in [-0.05, 0) is 43.7 Å². The fourth-order valence-electron chi connectivity index (χ4n) is 3.16. The van der Waals surface area contributed by atoms with E-state index in [4.69, 9.17) is 4.98 Å². The number of rotatable bonds is 4. The highest BCUT2D eigenvalue weighted by molar-refractivity contribution is 7.13. The van der Waals surface area contributed by atoms with E-state index in [1.54, 1.807) is 28.0 Å². The van der Waals surface area contributed by atoms with Gasteiger partial charge >= 0.3 is 5.69 Å². The Hall–Kier alpha value is -2.73. The van der Waals surface area contributed by atoms with Crippen molar-refractivity contribution in [3.8, 4) is 10.6 Å². The topological polar surface area (TPSA) is 50.7 Å². The van der Waals surface area contributed by atoms with Gasteiger partial charge in [0.05, 0.1) is 16.7 Å². The Bertz CT molecular complexity index is 1120. The van der Waals surface area contributed by atoms with Gasteiger partial charge in [0.1, 0.15) is 10.8 Å². The first-order valence-corrected chi connectivity index (χ1v) is 10.3. The van der Waals surface area contributed by atoms with Crippen LogP contribution in [0.4, 0.5) is 4.39 Å². The smallest absolute Gasteiger partial charge is 0.305 e. The van der Waals surface area contributed by atoms with Gasteiger partial charge in [0.15, 0.2) is 0 Å². The average Bonchev–Trinajstić information content (AvgIpc) is 3.28. The third kappa shape index (κ3) is 3.92. The molecule has 146 valence electrons. The number of nitrogens with zero attached hydrogens (tertiary/aromatic N) is 2. The Labute approximate surface area is 167 Å². The van der Waals surface area contributed by atoms with Gasteiger partial charge in [0.2, 0.25) is 0 Å². The minimum Gasteiger partial charge on any atom is -0.305 e. The molecule has 0 aliphatic carbocycles. The van der Waals surface area contributed by atoms with Crippen molar-refractivity contribution in [1.82, 2.24) is 14.5 Å². The number of hydrogen-bond donors (Lipinski definition) is 1. The lowest BCUT2D eigenvalue weighted by atomic mass is 10.1. The van der Waals surface area contributed by atoms with Gasteiger partial charge < -0.3 is 4.98 Å². The standard InChI is InChI=1S/C20H18FN3OS.C2H6/c1-12(2)24-17-5-3-4-16(18(17)23-20(24)25)19-22-15(11-26-19)10-13-6-8-14(21)9-7-13;1-2/h3-9,11-12H,10H2,1-2H3,(H,23,25);1-2H3. The number of thiazole rings is 1. The van der Waals surface area contributed by atoms with Crippen molar-refractivity contribution in [1.29, 1.82) is 0 Å². The van der Waals surface area contributed by atoms with Crippen molar-refractivity contribution >= 4 is 22.4 Å². The molecule has 0 saturated heterocycles. The maximum Gasteiger partial charge on any atom is 0.326 e. The summed E-state index contributed by atoms with van der Waals surface area (Å²) in [7, 11) is 0. The van der Waals surface area contributed by atoms with E-state index in [0.717, 1.165) is 32.9 Å². The first-order valence-electron chi connectivity index (χ1n) is 9.45. The molecular weight excluding hydrogens is 373 g/mol. The van der Waals surface area contributed by atoms with Crippen LogP contribution in [0.1, 0.15) is 45.0 Å². The fourth-order valence-corrected chi connectivity index (χ4v) is 4.01. The fraction of sp³-hybridized carbons (Fsp3) is 0.273. The molecule has 0 saturated carbocycles. The summed E-state index contributed by atoms with van der Waals surface area (Å²) in [5.74, 6) is -0.238. The third-order valence-electron chi connectivity index (χ3n) is 4.35. The van der Waals surface area contributed by atoms with Crippen molar-refractivity contribution in [2.24, 2.45) is 0 Å². The van der Waals surface area contributed by atoms with E-state index >= 15 is 0 Å². The van der Waals surface area contributed by atoms with Crippen LogP contribution in [0.15, 0.2) is 52.6 Å². The summed E-state index contributed by atoms with van der Waals surface area (Å²) in [6.07, 6.45) is 0.649. The molecule has 0 amide bonds. The maximum atomic E-state index is 13.0. The summed E-state index contributed by atoms with van der Waals surface area (Å²) >= 11 is 1.55. The van der Waals surface area contributed by atoms with E-state index in [-0.39, 0.29) is 17.5 Å².